The second kappa shape index (κ2) is 14.3. The number of aromatic nitrogens is 2. The van der Waals surface area contributed by atoms with Crippen molar-refractivity contribution in [2.75, 3.05) is 18.5 Å². The van der Waals surface area contributed by atoms with Gasteiger partial charge in [0.1, 0.15) is 11.3 Å². The molecule has 4 rings (SSSR count). The van der Waals surface area contributed by atoms with E-state index in [0.717, 1.165) is 23.1 Å². The van der Waals surface area contributed by atoms with Gasteiger partial charge < -0.3 is 20.5 Å². The van der Waals surface area contributed by atoms with Crippen LogP contribution in [-0.4, -0.2) is 61.5 Å². The van der Waals surface area contributed by atoms with Crippen molar-refractivity contribution in [3.8, 4) is 5.75 Å². The van der Waals surface area contributed by atoms with Crippen LogP contribution in [0, 0.1) is 13.8 Å². The summed E-state index contributed by atoms with van der Waals surface area (Å²) in [5.41, 5.74) is 2.38. The van der Waals surface area contributed by atoms with Crippen LogP contribution in [0.5, 0.6) is 5.75 Å². The number of anilines is 1. The highest BCUT2D eigenvalue weighted by atomic mass is 32.2. The summed E-state index contributed by atoms with van der Waals surface area (Å²) in [5, 5.41) is 18.0. The fourth-order valence-corrected chi connectivity index (χ4v) is 6.42. The quantitative estimate of drug-likeness (QED) is 0.189. The Morgan fingerprint density at radius 3 is 2.58 bits per heavy atom. The predicted molar refractivity (Wildman–Crippen MR) is 170 cm³/mol. The maximum Gasteiger partial charge on any atom is 0.262 e. The van der Waals surface area contributed by atoms with Crippen molar-refractivity contribution in [2.45, 2.75) is 89.1 Å². The Kier molecular flexibility index (Phi) is 10.8. The molecule has 1 saturated heterocycles. The highest BCUT2D eigenvalue weighted by molar-refractivity contribution is 7.96. The lowest BCUT2D eigenvalue weighted by Gasteiger charge is -2.39. The smallest absolute Gasteiger partial charge is 0.262 e. The molecule has 0 saturated carbocycles. The Bertz CT molecular complexity index is 1400. The molecule has 3 aromatic rings. The van der Waals surface area contributed by atoms with Crippen molar-refractivity contribution in [3.63, 3.8) is 0 Å². The summed E-state index contributed by atoms with van der Waals surface area (Å²) in [6.07, 6.45) is 5.29. The summed E-state index contributed by atoms with van der Waals surface area (Å²) in [7, 11) is 0. The Balaban J connectivity index is 1.41. The molecule has 1 fully saturated rings. The summed E-state index contributed by atoms with van der Waals surface area (Å²) >= 11 is 1.36. The van der Waals surface area contributed by atoms with Gasteiger partial charge in [0.2, 0.25) is 11.1 Å². The minimum atomic E-state index is -0.907. The lowest BCUT2D eigenvalue weighted by molar-refractivity contribution is -0.132. The summed E-state index contributed by atoms with van der Waals surface area (Å²) < 4.78 is 7.79. The van der Waals surface area contributed by atoms with Gasteiger partial charge in [0.05, 0.1) is 6.10 Å². The number of aliphatic hydroxyl groups is 1. The predicted octanol–water partition coefficient (Wildman–Crippen LogP) is 5.25. The van der Waals surface area contributed by atoms with Crippen molar-refractivity contribution < 1.29 is 19.4 Å². The third kappa shape index (κ3) is 9.01. The molecule has 1 unspecified atom stereocenters. The number of carbonyl (C=O) groups excluding carboxylic acids is 2. The summed E-state index contributed by atoms with van der Waals surface area (Å²) in [5.74, 6) is 0.323. The Hall–Kier alpha value is -3.47. The van der Waals surface area contributed by atoms with Crippen LogP contribution in [-0.2, 0) is 16.0 Å². The van der Waals surface area contributed by atoms with E-state index in [1.54, 1.807) is 18.5 Å². The van der Waals surface area contributed by atoms with E-state index in [-0.39, 0.29) is 24.8 Å². The number of aliphatic hydroxyl groups excluding tert-OH is 1. The average molecular weight is 606 g/mol. The van der Waals surface area contributed by atoms with Crippen LogP contribution >= 0.6 is 11.9 Å². The van der Waals surface area contributed by atoms with Gasteiger partial charge in [-0.1, -0.05) is 35.9 Å². The third-order valence-electron chi connectivity index (χ3n) is 7.37. The zero-order valence-corrected chi connectivity index (χ0v) is 26.5. The number of nitrogens with zero attached hydrogens (tertiary/aromatic N) is 3. The number of benzene rings is 2. The van der Waals surface area contributed by atoms with Crippen LogP contribution < -0.4 is 15.4 Å². The highest BCUT2D eigenvalue weighted by Gasteiger charge is 2.50. The first kappa shape index (κ1) is 32.4. The Labute approximate surface area is 259 Å². The fraction of sp³-hybridized carbons (Fsp3) is 0.455. The molecule has 2 amide bonds. The molecule has 2 aromatic carbocycles. The topological polar surface area (TPSA) is 117 Å². The third-order valence-corrected chi connectivity index (χ3v) is 8.50. The summed E-state index contributed by atoms with van der Waals surface area (Å²) in [6.45, 7) is 10.4. The normalized spacial score (nSPS) is 17.8. The lowest BCUT2D eigenvalue weighted by Crippen LogP contribution is -2.58. The molecule has 2 heterocycles. The second-order valence-corrected chi connectivity index (χ2v) is 13.2. The van der Waals surface area contributed by atoms with E-state index in [1.807, 2.05) is 81.4 Å². The number of amides is 2. The number of rotatable bonds is 12. The van der Waals surface area contributed by atoms with Gasteiger partial charge in [-0.05, 0) is 89.6 Å². The van der Waals surface area contributed by atoms with E-state index in [9.17, 15) is 14.7 Å². The van der Waals surface area contributed by atoms with Gasteiger partial charge in [-0.2, -0.15) is 0 Å². The Morgan fingerprint density at radius 2 is 1.86 bits per heavy atom. The van der Waals surface area contributed by atoms with E-state index >= 15 is 0 Å². The van der Waals surface area contributed by atoms with Crippen molar-refractivity contribution in [3.05, 3.63) is 77.6 Å². The van der Waals surface area contributed by atoms with Gasteiger partial charge in [-0.15, -0.1) is 0 Å². The van der Waals surface area contributed by atoms with E-state index in [1.165, 1.54) is 11.9 Å². The van der Waals surface area contributed by atoms with Crippen LogP contribution in [0.25, 0.3) is 0 Å². The number of ether oxygens (including phenoxy) is 1. The maximum absolute atomic E-state index is 13.8. The first-order chi connectivity index (χ1) is 20.4. The van der Waals surface area contributed by atoms with Gasteiger partial charge in [0.15, 0.2) is 6.61 Å². The molecule has 10 heteroatoms. The summed E-state index contributed by atoms with van der Waals surface area (Å²) in [4.78, 5) is 35.2. The maximum atomic E-state index is 13.8. The Morgan fingerprint density at radius 1 is 1.12 bits per heavy atom. The van der Waals surface area contributed by atoms with Gasteiger partial charge >= 0.3 is 0 Å². The number of aryl methyl sites for hydroxylation is 3. The lowest BCUT2D eigenvalue weighted by atomic mass is 9.86. The minimum Gasteiger partial charge on any atom is -0.483 e. The molecule has 0 spiro atoms. The van der Waals surface area contributed by atoms with E-state index in [0.29, 0.717) is 42.4 Å². The molecule has 0 aliphatic carbocycles. The molecule has 3 N–H and O–H groups in total. The molecule has 0 bridgehead atoms. The average Bonchev–Trinajstić information content (AvgIpc) is 3.34. The van der Waals surface area contributed by atoms with Crippen molar-refractivity contribution in [1.29, 1.82) is 0 Å². The first-order valence-electron chi connectivity index (χ1n) is 14.8. The number of carbonyl (C=O) groups is 2. The van der Waals surface area contributed by atoms with Gasteiger partial charge in [0, 0.05) is 48.5 Å². The van der Waals surface area contributed by atoms with Crippen LogP contribution in [0.3, 0.4) is 0 Å². The molecular weight excluding hydrogens is 562 g/mol. The van der Waals surface area contributed by atoms with Crippen molar-refractivity contribution in [2.24, 2.45) is 0 Å². The second-order valence-electron chi connectivity index (χ2n) is 12.2. The van der Waals surface area contributed by atoms with Crippen LogP contribution in [0.2, 0.25) is 0 Å². The van der Waals surface area contributed by atoms with Crippen LogP contribution in [0.4, 0.5) is 5.69 Å². The molecule has 2 atom stereocenters. The largest absolute Gasteiger partial charge is 0.483 e. The number of nitrogens with one attached hydrogen (secondary N) is 2. The van der Waals surface area contributed by atoms with Gasteiger partial charge in [-0.3, -0.25) is 9.59 Å². The first-order valence-corrected chi connectivity index (χ1v) is 15.5. The van der Waals surface area contributed by atoms with Crippen LogP contribution in [0.1, 0.15) is 63.1 Å². The van der Waals surface area contributed by atoms with E-state index < -0.39 is 17.2 Å². The highest BCUT2D eigenvalue weighted by Crippen LogP contribution is 2.41. The van der Waals surface area contributed by atoms with Crippen LogP contribution in [0.15, 0.2) is 66.1 Å². The van der Waals surface area contributed by atoms with Crippen molar-refractivity contribution in [1.82, 2.24) is 19.6 Å². The molecule has 9 nitrogen and oxygen atoms in total. The van der Waals surface area contributed by atoms with Gasteiger partial charge in [0.25, 0.3) is 5.91 Å². The fourth-order valence-electron chi connectivity index (χ4n) is 5.36. The van der Waals surface area contributed by atoms with Gasteiger partial charge in [-0.25, -0.2) is 14.3 Å². The molecule has 1 aliphatic rings. The van der Waals surface area contributed by atoms with E-state index in [2.05, 4.69) is 20.6 Å². The molecule has 1 aromatic heterocycles. The monoisotopic (exact) mass is 605 g/mol. The molecule has 1 aliphatic heterocycles. The molecule has 230 valence electrons. The summed E-state index contributed by atoms with van der Waals surface area (Å²) in [6, 6.07) is 15.2. The van der Waals surface area contributed by atoms with Crippen molar-refractivity contribution >= 4 is 29.4 Å². The zero-order chi connectivity index (χ0) is 31.0. The number of hydrogen-bond acceptors (Lipinski definition) is 8. The zero-order valence-electron chi connectivity index (χ0n) is 25.7. The molecule has 0 radical (unpaired) electrons. The van der Waals surface area contributed by atoms with E-state index in [4.69, 9.17) is 4.74 Å². The SMILES string of the molecule is Cc1ccc(OCC(=O)Nc2ccccc2CCC(O)C[C@]2(C(=O)NC(C)(C)C)CCCN2Sc2ncccn2)c(C)c1. The standard InChI is InChI=1S/C33H43N5O4S/c1-23-12-15-28(24(2)20-23)42-22-29(40)36-27-11-7-6-10-25(27)13-14-26(39)21-33(30(41)37-32(3,4)5)16-8-19-38(33)43-31-34-17-9-18-35-31/h6-7,9-12,15,17-18,20,26,39H,8,13-14,16,19,21-22H2,1-5H3,(H,36,40)(H,37,41)/t26?,33-/m0/s1. The minimum absolute atomic E-state index is 0.101. The number of hydrogen-bond donors (Lipinski definition) is 3. The molecule has 43 heavy (non-hydrogen) atoms. The number of para-hydroxylation sites is 1. The molecular formula is C33H43N5O4S.